The number of carbonyl (C=O) groups is 4. The molecule has 0 unspecified atom stereocenters. The van der Waals surface area contributed by atoms with E-state index >= 15 is 0 Å². The molecule has 12 heteroatoms. The summed E-state index contributed by atoms with van der Waals surface area (Å²) in [7, 11) is 2.03. The van der Waals surface area contributed by atoms with Gasteiger partial charge < -0.3 is 40.5 Å². The largest absolute Gasteiger partial charge is 0.468 e. The lowest BCUT2D eigenvalue weighted by molar-refractivity contribution is -0.165. The van der Waals surface area contributed by atoms with Crippen LogP contribution in [0.5, 0.6) is 0 Å². The van der Waals surface area contributed by atoms with Gasteiger partial charge in [0.2, 0.25) is 5.91 Å². The second kappa shape index (κ2) is 9.77. The average Bonchev–Trinajstić information content (AvgIpc) is 2.56. The van der Waals surface area contributed by atoms with Crippen LogP contribution in [-0.2, 0) is 28.7 Å². The second-order valence-electron chi connectivity index (χ2n) is 4.62. The minimum Gasteiger partial charge on any atom is -0.468 e. The van der Waals surface area contributed by atoms with Crippen molar-refractivity contribution in [2.24, 2.45) is 5.73 Å². The molecule has 2 amide bonds. The van der Waals surface area contributed by atoms with Crippen LogP contribution in [0.15, 0.2) is 0 Å². The molecule has 0 aromatic carbocycles. The number of hydrogen-bond donors (Lipinski definition) is 5. The number of primary amides is 1. The van der Waals surface area contributed by atoms with Gasteiger partial charge in [0, 0.05) is 0 Å². The van der Waals surface area contributed by atoms with Gasteiger partial charge in [-0.1, -0.05) is 0 Å². The Labute approximate surface area is 136 Å². The first-order valence-corrected chi connectivity index (χ1v) is 6.50. The van der Waals surface area contributed by atoms with E-state index < -0.39 is 61.3 Å². The Morgan fingerprint density at radius 3 is 1.58 bits per heavy atom. The number of carbonyl (C=O) groups excluding carboxylic acids is 4. The molecule has 0 aromatic rings. The number of nitrogens with two attached hydrogens (primary N) is 1. The summed E-state index contributed by atoms with van der Waals surface area (Å²) in [6, 6.07) is 0. The maximum atomic E-state index is 12.1. The van der Waals surface area contributed by atoms with Crippen LogP contribution < -0.4 is 5.73 Å². The van der Waals surface area contributed by atoms with E-state index in [2.05, 4.69) is 9.47 Å². The Hall–Kier alpha value is -2.28. The van der Waals surface area contributed by atoms with Crippen molar-refractivity contribution in [3.05, 3.63) is 0 Å². The van der Waals surface area contributed by atoms with E-state index in [1.54, 1.807) is 0 Å². The molecule has 0 aromatic heterocycles. The molecule has 4 atom stereocenters. The summed E-state index contributed by atoms with van der Waals surface area (Å²) >= 11 is 0. The van der Waals surface area contributed by atoms with Crippen LogP contribution in [0.4, 0.5) is 0 Å². The van der Waals surface area contributed by atoms with E-state index in [0.29, 0.717) is 4.90 Å². The van der Waals surface area contributed by atoms with Crippen molar-refractivity contribution >= 4 is 23.8 Å². The highest BCUT2D eigenvalue weighted by Gasteiger charge is 2.39. The first-order valence-electron chi connectivity index (χ1n) is 6.50. The maximum Gasteiger partial charge on any atom is 0.325 e. The number of esters is 2. The molecule has 6 N–H and O–H groups in total. The Morgan fingerprint density at radius 2 is 1.25 bits per heavy atom. The van der Waals surface area contributed by atoms with Crippen molar-refractivity contribution in [2.75, 3.05) is 27.3 Å². The molecule has 0 rings (SSSR count). The van der Waals surface area contributed by atoms with Crippen molar-refractivity contribution < 1.29 is 49.1 Å². The van der Waals surface area contributed by atoms with Gasteiger partial charge in [0.15, 0.2) is 12.2 Å². The minimum absolute atomic E-state index is 0.495. The zero-order valence-corrected chi connectivity index (χ0v) is 13.0. The third kappa shape index (κ3) is 6.08. The normalized spacial score (nSPS) is 15.6. The minimum atomic E-state index is -2.37. The molecule has 0 spiro atoms. The zero-order chi connectivity index (χ0) is 19.0. The molecule has 0 saturated carbocycles. The van der Waals surface area contributed by atoms with Crippen molar-refractivity contribution in [3.8, 4) is 0 Å². The second-order valence-corrected chi connectivity index (χ2v) is 4.62. The fourth-order valence-corrected chi connectivity index (χ4v) is 1.53. The third-order valence-corrected chi connectivity index (χ3v) is 2.95. The van der Waals surface area contributed by atoms with Crippen molar-refractivity contribution in [1.29, 1.82) is 0 Å². The lowest BCUT2D eigenvalue weighted by Crippen LogP contribution is -2.55. The van der Waals surface area contributed by atoms with Gasteiger partial charge in [-0.25, -0.2) is 0 Å². The van der Waals surface area contributed by atoms with E-state index in [-0.39, 0.29) is 0 Å². The number of nitrogens with zero attached hydrogens (tertiary/aromatic N) is 1. The zero-order valence-electron chi connectivity index (χ0n) is 13.0. The number of aliphatic hydroxyl groups is 4. The number of ether oxygens (including phenoxy) is 2. The van der Waals surface area contributed by atoms with Crippen LogP contribution in [0.1, 0.15) is 0 Å². The molecule has 24 heavy (non-hydrogen) atoms. The molecule has 0 fully saturated rings. The van der Waals surface area contributed by atoms with Crippen molar-refractivity contribution in [3.63, 3.8) is 0 Å². The van der Waals surface area contributed by atoms with Crippen LogP contribution in [0, 0.1) is 0 Å². The smallest absolute Gasteiger partial charge is 0.325 e. The molecule has 0 aliphatic carbocycles. The maximum absolute atomic E-state index is 12.1. The van der Waals surface area contributed by atoms with Gasteiger partial charge in [-0.2, -0.15) is 0 Å². The molecule has 0 aliphatic rings. The summed E-state index contributed by atoms with van der Waals surface area (Å²) in [5.74, 6) is -4.63. The molecular weight excluding hydrogens is 332 g/mol. The van der Waals surface area contributed by atoms with E-state index in [1.165, 1.54) is 0 Å². The average molecular weight is 352 g/mol. The van der Waals surface area contributed by atoms with Crippen molar-refractivity contribution in [1.82, 2.24) is 4.90 Å². The molecule has 138 valence electrons. The number of aliphatic hydroxyl groups excluding tert-OH is 4. The van der Waals surface area contributed by atoms with Crippen LogP contribution in [0.3, 0.4) is 0 Å². The van der Waals surface area contributed by atoms with E-state index in [9.17, 15) is 39.6 Å². The Kier molecular flexibility index (Phi) is 8.84. The SMILES string of the molecule is COC(=O)CN(CC(=O)OC)C(=O)[C@H](O)[C@@H](O)[C@H](O)[C@H](O)C(N)=O. The van der Waals surface area contributed by atoms with E-state index in [4.69, 9.17) is 5.73 Å². The molecule has 0 radical (unpaired) electrons. The highest BCUT2D eigenvalue weighted by atomic mass is 16.5. The monoisotopic (exact) mass is 352 g/mol. The number of methoxy groups -OCH3 is 2. The van der Waals surface area contributed by atoms with E-state index in [1.807, 2.05) is 0 Å². The van der Waals surface area contributed by atoms with Gasteiger partial charge in [0.25, 0.3) is 5.91 Å². The molecule has 0 saturated heterocycles. The number of hydrogen-bond acceptors (Lipinski definition) is 10. The van der Waals surface area contributed by atoms with Crippen LogP contribution in [-0.4, -0.2) is 101 Å². The summed E-state index contributed by atoms with van der Waals surface area (Å²) in [6.45, 7) is -1.52. The standard InChI is InChI=1S/C12H20N2O10/c1-23-5(15)3-14(4-6(16)24-2)12(22)10(20)8(18)7(17)9(19)11(13)21/h7-10,17-20H,3-4H2,1-2H3,(H2,13,21)/t7-,8-,9-,10+/m0/s1. The number of rotatable bonds is 9. The Balaban J connectivity index is 5.19. The molecule has 0 heterocycles. The number of amides is 2. The molecule has 0 aliphatic heterocycles. The Morgan fingerprint density at radius 1 is 0.875 bits per heavy atom. The van der Waals surface area contributed by atoms with Crippen molar-refractivity contribution in [2.45, 2.75) is 24.4 Å². The van der Waals surface area contributed by atoms with Gasteiger partial charge in [-0.05, 0) is 0 Å². The third-order valence-electron chi connectivity index (χ3n) is 2.95. The van der Waals surface area contributed by atoms with Gasteiger partial charge in [-0.15, -0.1) is 0 Å². The summed E-state index contributed by atoms with van der Waals surface area (Å²) in [6.07, 6.45) is -9.22. The summed E-state index contributed by atoms with van der Waals surface area (Å²) in [5.41, 5.74) is 4.72. The lowest BCUT2D eigenvalue weighted by atomic mass is 10.0. The fraction of sp³-hybridized carbons (Fsp3) is 0.667. The highest BCUT2D eigenvalue weighted by molar-refractivity contribution is 5.89. The molecule has 12 nitrogen and oxygen atoms in total. The predicted octanol–water partition coefficient (Wildman–Crippen LogP) is -4.91. The Bertz CT molecular complexity index is 464. The predicted molar refractivity (Wildman–Crippen MR) is 73.8 cm³/mol. The van der Waals surface area contributed by atoms with Crippen LogP contribution in [0.25, 0.3) is 0 Å². The van der Waals surface area contributed by atoms with Gasteiger partial charge >= 0.3 is 11.9 Å². The van der Waals surface area contributed by atoms with Gasteiger partial charge in [0.1, 0.15) is 25.3 Å². The summed E-state index contributed by atoms with van der Waals surface area (Å²) < 4.78 is 8.65. The fourth-order valence-electron chi connectivity index (χ4n) is 1.53. The first kappa shape index (κ1) is 21.7. The lowest BCUT2D eigenvalue weighted by Gasteiger charge is -2.28. The van der Waals surface area contributed by atoms with Gasteiger partial charge in [0.05, 0.1) is 14.2 Å². The topological polar surface area (TPSA) is 197 Å². The van der Waals surface area contributed by atoms with Crippen LogP contribution in [0.2, 0.25) is 0 Å². The quantitative estimate of drug-likeness (QED) is 0.251. The van der Waals surface area contributed by atoms with E-state index in [0.717, 1.165) is 14.2 Å². The van der Waals surface area contributed by atoms with Gasteiger partial charge in [-0.3, -0.25) is 19.2 Å². The molecular formula is C12H20N2O10. The summed E-state index contributed by atoms with van der Waals surface area (Å²) in [5, 5.41) is 38.2. The van der Waals surface area contributed by atoms with Crippen LogP contribution >= 0.6 is 0 Å². The first-order chi connectivity index (χ1) is 11.1. The highest BCUT2D eigenvalue weighted by Crippen LogP contribution is 2.09. The molecule has 0 bridgehead atoms. The summed E-state index contributed by atoms with van der Waals surface area (Å²) in [4.78, 5) is 45.8.